The van der Waals surface area contributed by atoms with Crippen molar-refractivity contribution in [3.05, 3.63) is 66.2 Å². The van der Waals surface area contributed by atoms with E-state index in [-0.39, 0.29) is 5.82 Å². The van der Waals surface area contributed by atoms with E-state index >= 15 is 0 Å². The van der Waals surface area contributed by atoms with Crippen LogP contribution in [0.3, 0.4) is 0 Å². The summed E-state index contributed by atoms with van der Waals surface area (Å²) >= 11 is 0. The number of nitrogens with zero attached hydrogens (tertiary/aromatic N) is 4. The SMILES string of the molecule is CCN(CC)CCc1ccc(-c2[nH]nc3ncnc(Nc4ccc(F)cc4)c23)cc1. The first-order chi connectivity index (χ1) is 14.7. The molecular weight excluding hydrogens is 379 g/mol. The number of likely N-dealkylation sites (N-methyl/N-ethyl adjacent to an activating group) is 1. The summed E-state index contributed by atoms with van der Waals surface area (Å²) in [6.07, 6.45) is 2.49. The Morgan fingerprint density at radius 1 is 0.967 bits per heavy atom. The van der Waals surface area contributed by atoms with E-state index in [0.717, 1.165) is 48.4 Å². The van der Waals surface area contributed by atoms with Crippen LogP contribution in [0.25, 0.3) is 22.3 Å². The van der Waals surface area contributed by atoms with Gasteiger partial charge in [0.25, 0.3) is 0 Å². The third kappa shape index (κ3) is 4.31. The standard InChI is InChI=1S/C23H25FN6/c1-3-30(4-2)14-13-16-5-7-17(8-6-16)21-20-22(25-15-26-23(20)29-28-21)27-19-11-9-18(24)10-12-19/h5-12,15H,3-4,13-14H2,1-2H3,(H2,25,26,27,28,29). The molecule has 154 valence electrons. The molecule has 0 saturated heterocycles. The molecule has 0 spiro atoms. The summed E-state index contributed by atoms with van der Waals surface area (Å²) < 4.78 is 13.2. The first-order valence-corrected chi connectivity index (χ1v) is 10.2. The van der Waals surface area contributed by atoms with Gasteiger partial charge < -0.3 is 10.2 Å². The van der Waals surface area contributed by atoms with Crippen LogP contribution < -0.4 is 5.32 Å². The lowest BCUT2D eigenvalue weighted by molar-refractivity contribution is 0.308. The predicted molar refractivity (Wildman–Crippen MR) is 118 cm³/mol. The van der Waals surface area contributed by atoms with Gasteiger partial charge in [0.15, 0.2) is 5.65 Å². The van der Waals surface area contributed by atoms with E-state index in [1.54, 1.807) is 12.1 Å². The molecule has 2 heterocycles. The maximum atomic E-state index is 13.2. The number of nitrogens with one attached hydrogen (secondary N) is 2. The van der Waals surface area contributed by atoms with Gasteiger partial charge in [-0.05, 0) is 49.3 Å². The molecule has 7 heteroatoms. The summed E-state index contributed by atoms with van der Waals surface area (Å²) in [5.74, 6) is 0.347. The Morgan fingerprint density at radius 2 is 1.70 bits per heavy atom. The maximum Gasteiger partial charge on any atom is 0.186 e. The van der Waals surface area contributed by atoms with Crippen molar-refractivity contribution in [2.45, 2.75) is 20.3 Å². The van der Waals surface area contributed by atoms with Gasteiger partial charge in [0, 0.05) is 17.8 Å². The zero-order valence-corrected chi connectivity index (χ0v) is 17.2. The molecule has 0 amide bonds. The lowest BCUT2D eigenvalue weighted by Crippen LogP contribution is -2.25. The number of hydrogen-bond acceptors (Lipinski definition) is 5. The van der Waals surface area contributed by atoms with Gasteiger partial charge in [-0.25, -0.2) is 14.4 Å². The van der Waals surface area contributed by atoms with Crippen molar-refractivity contribution in [1.82, 2.24) is 25.1 Å². The monoisotopic (exact) mass is 404 g/mol. The molecule has 0 aliphatic carbocycles. The van der Waals surface area contributed by atoms with E-state index in [2.05, 4.69) is 68.5 Å². The second-order valence-electron chi connectivity index (χ2n) is 7.13. The fourth-order valence-electron chi connectivity index (χ4n) is 3.49. The third-order valence-electron chi connectivity index (χ3n) is 5.31. The molecule has 0 radical (unpaired) electrons. The van der Waals surface area contributed by atoms with Crippen molar-refractivity contribution < 1.29 is 4.39 Å². The lowest BCUT2D eigenvalue weighted by Gasteiger charge is -2.17. The highest BCUT2D eigenvalue weighted by molar-refractivity contribution is 5.99. The summed E-state index contributed by atoms with van der Waals surface area (Å²) in [7, 11) is 0. The molecule has 2 aromatic carbocycles. The highest BCUT2D eigenvalue weighted by Crippen LogP contribution is 2.31. The van der Waals surface area contributed by atoms with Crippen LogP contribution in [-0.4, -0.2) is 44.7 Å². The molecular formula is C23H25FN6. The topological polar surface area (TPSA) is 69.7 Å². The van der Waals surface area contributed by atoms with Crippen LogP contribution >= 0.6 is 0 Å². The number of fused-ring (bicyclic) bond motifs is 1. The van der Waals surface area contributed by atoms with Crippen LogP contribution in [0, 0.1) is 5.82 Å². The first kappa shape index (κ1) is 20.0. The number of aromatic amines is 1. The van der Waals surface area contributed by atoms with Crippen LogP contribution in [0.15, 0.2) is 54.9 Å². The zero-order chi connectivity index (χ0) is 20.9. The minimum absolute atomic E-state index is 0.279. The predicted octanol–water partition coefficient (Wildman–Crippen LogP) is 4.79. The number of H-pyrrole nitrogens is 1. The summed E-state index contributed by atoms with van der Waals surface area (Å²) in [5.41, 5.74) is 4.49. The summed E-state index contributed by atoms with van der Waals surface area (Å²) in [4.78, 5) is 11.1. The Labute approximate surface area is 175 Å². The van der Waals surface area contributed by atoms with E-state index in [1.165, 1.54) is 24.0 Å². The quantitative estimate of drug-likeness (QED) is 0.442. The van der Waals surface area contributed by atoms with Crippen molar-refractivity contribution in [2.24, 2.45) is 0 Å². The van der Waals surface area contributed by atoms with E-state index in [0.29, 0.717) is 11.5 Å². The van der Waals surface area contributed by atoms with E-state index in [4.69, 9.17) is 0 Å². The number of benzene rings is 2. The van der Waals surface area contributed by atoms with Crippen LogP contribution in [0.2, 0.25) is 0 Å². The van der Waals surface area contributed by atoms with Gasteiger partial charge >= 0.3 is 0 Å². The smallest absolute Gasteiger partial charge is 0.186 e. The minimum Gasteiger partial charge on any atom is -0.339 e. The number of hydrogen-bond donors (Lipinski definition) is 2. The van der Waals surface area contributed by atoms with Gasteiger partial charge in [-0.2, -0.15) is 5.10 Å². The number of anilines is 2. The second-order valence-corrected chi connectivity index (χ2v) is 7.13. The van der Waals surface area contributed by atoms with Crippen LogP contribution in [0.4, 0.5) is 15.9 Å². The van der Waals surface area contributed by atoms with Crippen LogP contribution in [-0.2, 0) is 6.42 Å². The van der Waals surface area contributed by atoms with E-state index in [1.807, 2.05) is 0 Å². The molecule has 0 unspecified atom stereocenters. The number of halogens is 1. The molecule has 6 nitrogen and oxygen atoms in total. The van der Waals surface area contributed by atoms with Gasteiger partial charge in [0.2, 0.25) is 0 Å². The first-order valence-electron chi connectivity index (χ1n) is 10.2. The Morgan fingerprint density at radius 3 is 2.40 bits per heavy atom. The van der Waals surface area contributed by atoms with Crippen molar-refractivity contribution >= 4 is 22.5 Å². The molecule has 2 aromatic heterocycles. The Bertz CT molecular complexity index is 1100. The van der Waals surface area contributed by atoms with Gasteiger partial charge in [0.1, 0.15) is 18.0 Å². The Balaban J connectivity index is 1.60. The highest BCUT2D eigenvalue weighted by Gasteiger charge is 2.14. The zero-order valence-electron chi connectivity index (χ0n) is 17.2. The third-order valence-corrected chi connectivity index (χ3v) is 5.31. The molecule has 0 aliphatic heterocycles. The van der Waals surface area contributed by atoms with E-state index in [9.17, 15) is 4.39 Å². The minimum atomic E-state index is -0.279. The molecule has 0 fully saturated rings. The molecule has 4 rings (SSSR count). The van der Waals surface area contributed by atoms with E-state index < -0.39 is 0 Å². The molecule has 2 N–H and O–H groups in total. The Kier molecular flexibility index (Phi) is 5.99. The summed E-state index contributed by atoms with van der Waals surface area (Å²) in [6.45, 7) is 7.57. The molecule has 30 heavy (non-hydrogen) atoms. The maximum absolute atomic E-state index is 13.2. The number of rotatable bonds is 8. The molecule has 0 bridgehead atoms. The summed E-state index contributed by atoms with van der Waals surface area (Å²) in [6, 6.07) is 14.7. The van der Waals surface area contributed by atoms with Crippen LogP contribution in [0.5, 0.6) is 0 Å². The molecule has 4 aromatic rings. The largest absolute Gasteiger partial charge is 0.339 e. The fourth-order valence-corrected chi connectivity index (χ4v) is 3.49. The van der Waals surface area contributed by atoms with Crippen molar-refractivity contribution in [1.29, 1.82) is 0 Å². The lowest BCUT2D eigenvalue weighted by atomic mass is 10.0. The summed E-state index contributed by atoms with van der Waals surface area (Å²) in [5, 5.41) is 11.5. The Hall–Kier alpha value is -3.32. The van der Waals surface area contributed by atoms with Crippen molar-refractivity contribution in [3.63, 3.8) is 0 Å². The average molecular weight is 404 g/mol. The van der Waals surface area contributed by atoms with Gasteiger partial charge in [-0.3, -0.25) is 5.10 Å². The molecule has 0 aliphatic rings. The molecule has 0 saturated carbocycles. The molecule has 0 atom stereocenters. The van der Waals surface area contributed by atoms with Gasteiger partial charge in [-0.15, -0.1) is 0 Å². The average Bonchev–Trinajstić information content (AvgIpc) is 3.22. The van der Waals surface area contributed by atoms with Crippen molar-refractivity contribution in [3.8, 4) is 11.3 Å². The number of aromatic nitrogens is 4. The van der Waals surface area contributed by atoms with Gasteiger partial charge in [-0.1, -0.05) is 38.1 Å². The normalized spacial score (nSPS) is 11.3. The van der Waals surface area contributed by atoms with Gasteiger partial charge in [0.05, 0.1) is 11.1 Å². The van der Waals surface area contributed by atoms with Crippen LogP contribution in [0.1, 0.15) is 19.4 Å². The van der Waals surface area contributed by atoms with Crippen molar-refractivity contribution in [2.75, 3.05) is 25.0 Å². The fraction of sp³-hybridized carbons (Fsp3) is 0.261. The second kappa shape index (κ2) is 9.00. The highest BCUT2D eigenvalue weighted by atomic mass is 19.1.